The summed E-state index contributed by atoms with van der Waals surface area (Å²) in [6, 6.07) is 1.88. The maximum Gasteiger partial charge on any atom is 0.224 e. The van der Waals surface area contributed by atoms with Crippen molar-refractivity contribution in [3.8, 4) is 0 Å². The Kier molecular flexibility index (Phi) is 3.31. The van der Waals surface area contributed by atoms with Crippen LogP contribution in [0.1, 0.15) is 5.69 Å². The van der Waals surface area contributed by atoms with Gasteiger partial charge < -0.3 is 10.2 Å². The van der Waals surface area contributed by atoms with Gasteiger partial charge in [0, 0.05) is 25.7 Å². The fraction of sp³-hybridized carbons (Fsp3) is 0.300. The summed E-state index contributed by atoms with van der Waals surface area (Å²) in [6.45, 7) is 0.754. The van der Waals surface area contributed by atoms with Crippen LogP contribution in [0.15, 0.2) is 23.2 Å². The number of anilines is 2. The Balaban J connectivity index is 2.11. The lowest BCUT2D eigenvalue weighted by Gasteiger charge is -2.16. The lowest BCUT2D eigenvalue weighted by molar-refractivity contribution is 0.870. The van der Waals surface area contributed by atoms with E-state index in [0.29, 0.717) is 5.95 Å². The van der Waals surface area contributed by atoms with Crippen molar-refractivity contribution in [3.63, 3.8) is 0 Å². The van der Waals surface area contributed by atoms with Gasteiger partial charge in [0.2, 0.25) is 5.95 Å². The van der Waals surface area contributed by atoms with Crippen LogP contribution >= 0.6 is 11.3 Å². The zero-order chi connectivity index (χ0) is 11.4. The first-order valence-electron chi connectivity index (χ1n) is 4.88. The summed E-state index contributed by atoms with van der Waals surface area (Å²) in [6.07, 6.45) is 1.74. The average molecular weight is 235 g/mol. The highest BCUT2D eigenvalue weighted by Crippen LogP contribution is 2.13. The molecule has 2 rings (SSSR count). The first-order valence-corrected chi connectivity index (χ1v) is 5.83. The van der Waals surface area contributed by atoms with E-state index in [1.54, 1.807) is 24.6 Å². The van der Waals surface area contributed by atoms with Gasteiger partial charge in [-0.3, -0.25) is 0 Å². The van der Waals surface area contributed by atoms with Gasteiger partial charge in [-0.25, -0.2) is 9.97 Å². The highest BCUT2D eigenvalue weighted by Gasteiger charge is 2.05. The minimum Gasteiger partial charge on any atom is -0.357 e. The Morgan fingerprint density at radius 3 is 3.00 bits per heavy atom. The van der Waals surface area contributed by atoms with E-state index in [-0.39, 0.29) is 0 Å². The zero-order valence-corrected chi connectivity index (χ0v) is 10.0. The lowest BCUT2D eigenvalue weighted by Crippen LogP contribution is -2.18. The van der Waals surface area contributed by atoms with Crippen molar-refractivity contribution in [2.45, 2.75) is 6.54 Å². The van der Waals surface area contributed by atoms with Crippen LogP contribution in [0.5, 0.6) is 0 Å². The van der Waals surface area contributed by atoms with Crippen LogP contribution in [0.25, 0.3) is 0 Å². The quantitative estimate of drug-likeness (QED) is 0.872. The predicted molar refractivity (Wildman–Crippen MR) is 65.8 cm³/mol. The van der Waals surface area contributed by atoms with Crippen molar-refractivity contribution in [1.29, 1.82) is 0 Å². The van der Waals surface area contributed by atoms with E-state index in [0.717, 1.165) is 18.1 Å². The van der Waals surface area contributed by atoms with E-state index in [9.17, 15) is 0 Å². The number of hydrogen-bond acceptors (Lipinski definition) is 6. The largest absolute Gasteiger partial charge is 0.357 e. The summed E-state index contributed by atoms with van der Waals surface area (Å²) < 4.78 is 0. The van der Waals surface area contributed by atoms with Gasteiger partial charge in [-0.1, -0.05) is 0 Å². The molecule has 0 aromatic carbocycles. The molecule has 2 heterocycles. The first kappa shape index (κ1) is 10.8. The van der Waals surface area contributed by atoms with E-state index in [1.165, 1.54) is 0 Å². The minimum atomic E-state index is 0.627. The van der Waals surface area contributed by atoms with Crippen LogP contribution in [0.2, 0.25) is 0 Å². The molecule has 0 unspecified atom stereocenters. The summed E-state index contributed by atoms with van der Waals surface area (Å²) in [4.78, 5) is 14.7. The van der Waals surface area contributed by atoms with E-state index < -0.39 is 0 Å². The second kappa shape index (κ2) is 4.89. The Morgan fingerprint density at radius 2 is 2.31 bits per heavy atom. The van der Waals surface area contributed by atoms with Crippen molar-refractivity contribution in [2.24, 2.45) is 0 Å². The molecule has 0 amide bonds. The van der Waals surface area contributed by atoms with Crippen LogP contribution in [-0.2, 0) is 6.54 Å². The van der Waals surface area contributed by atoms with Crippen LogP contribution in [-0.4, -0.2) is 29.0 Å². The van der Waals surface area contributed by atoms with Gasteiger partial charge in [0.05, 0.1) is 17.7 Å². The van der Waals surface area contributed by atoms with Gasteiger partial charge in [0.1, 0.15) is 5.82 Å². The first-order chi connectivity index (χ1) is 7.79. The highest BCUT2D eigenvalue weighted by molar-refractivity contribution is 7.07. The number of nitrogens with one attached hydrogen (secondary N) is 1. The zero-order valence-electron chi connectivity index (χ0n) is 9.21. The topological polar surface area (TPSA) is 53.9 Å². The normalized spacial score (nSPS) is 10.1. The van der Waals surface area contributed by atoms with Gasteiger partial charge in [0.15, 0.2) is 0 Å². The van der Waals surface area contributed by atoms with Crippen LogP contribution in [0.3, 0.4) is 0 Å². The Bertz CT molecular complexity index is 442. The number of hydrogen-bond donors (Lipinski definition) is 1. The monoisotopic (exact) mass is 235 g/mol. The summed E-state index contributed by atoms with van der Waals surface area (Å²) in [5.74, 6) is 1.51. The second-order valence-electron chi connectivity index (χ2n) is 3.32. The van der Waals surface area contributed by atoms with Crippen molar-refractivity contribution in [3.05, 3.63) is 28.8 Å². The standard InChI is InChI=1S/C10H13N5S/c1-11-10-12-4-3-9(14-10)15(2)5-8-6-16-7-13-8/h3-4,6-7H,5H2,1-2H3,(H,11,12,14). The minimum absolute atomic E-state index is 0.627. The predicted octanol–water partition coefficient (Wildman–Crippen LogP) is 1.61. The van der Waals surface area contributed by atoms with Crippen LogP contribution < -0.4 is 10.2 Å². The molecule has 5 nitrogen and oxygen atoms in total. The number of nitrogens with zero attached hydrogens (tertiary/aromatic N) is 4. The van der Waals surface area contributed by atoms with E-state index in [2.05, 4.69) is 20.3 Å². The molecule has 2 aromatic rings. The molecule has 16 heavy (non-hydrogen) atoms. The molecule has 84 valence electrons. The van der Waals surface area contributed by atoms with Crippen molar-refractivity contribution < 1.29 is 0 Å². The summed E-state index contributed by atoms with van der Waals surface area (Å²) in [7, 11) is 3.79. The van der Waals surface area contributed by atoms with E-state index in [4.69, 9.17) is 0 Å². The SMILES string of the molecule is CNc1nccc(N(C)Cc2cscn2)n1. The number of rotatable bonds is 4. The lowest BCUT2D eigenvalue weighted by atomic mass is 10.4. The molecular weight excluding hydrogens is 222 g/mol. The smallest absolute Gasteiger partial charge is 0.224 e. The summed E-state index contributed by atoms with van der Waals surface area (Å²) in [5.41, 5.74) is 2.89. The van der Waals surface area contributed by atoms with E-state index >= 15 is 0 Å². The molecule has 2 aromatic heterocycles. The number of aromatic nitrogens is 3. The van der Waals surface area contributed by atoms with Crippen LogP contribution in [0.4, 0.5) is 11.8 Å². The summed E-state index contributed by atoms with van der Waals surface area (Å²) in [5, 5.41) is 4.96. The van der Waals surface area contributed by atoms with E-state index in [1.807, 2.05) is 28.9 Å². The molecule has 0 aliphatic carbocycles. The van der Waals surface area contributed by atoms with Gasteiger partial charge in [-0.05, 0) is 6.07 Å². The van der Waals surface area contributed by atoms with Crippen molar-refractivity contribution >= 4 is 23.1 Å². The van der Waals surface area contributed by atoms with Crippen LogP contribution in [0, 0.1) is 0 Å². The van der Waals surface area contributed by atoms with Gasteiger partial charge in [-0.15, -0.1) is 11.3 Å². The molecule has 1 N–H and O–H groups in total. The molecule has 0 saturated carbocycles. The molecule has 0 atom stereocenters. The molecule has 0 aliphatic heterocycles. The molecular formula is C10H13N5S. The second-order valence-corrected chi connectivity index (χ2v) is 4.04. The third kappa shape index (κ3) is 2.46. The molecule has 0 spiro atoms. The molecule has 0 fully saturated rings. The molecule has 0 saturated heterocycles. The molecule has 0 bridgehead atoms. The third-order valence-electron chi connectivity index (χ3n) is 2.14. The van der Waals surface area contributed by atoms with Gasteiger partial charge in [0.25, 0.3) is 0 Å². The maximum absolute atomic E-state index is 4.35. The fourth-order valence-electron chi connectivity index (χ4n) is 1.32. The van der Waals surface area contributed by atoms with Crippen molar-refractivity contribution in [2.75, 3.05) is 24.3 Å². The maximum atomic E-state index is 4.35. The molecule has 6 heteroatoms. The third-order valence-corrected chi connectivity index (χ3v) is 2.77. The Hall–Kier alpha value is -1.69. The Labute approximate surface area is 98.2 Å². The Morgan fingerprint density at radius 1 is 1.44 bits per heavy atom. The average Bonchev–Trinajstić information content (AvgIpc) is 2.82. The summed E-state index contributed by atoms with van der Waals surface area (Å²) >= 11 is 1.60. The molecule has 0 radical (unpaired) electrons. The van der Waals surface area contributed by atoms with Gasteiger partial charge in [-0.2, -0.15) is 4.98 Å². The molecule has 0 aliphatic rings. The van der Waals surface area contributed by atoms with Crippen molar-refractivity contribution in [1.82, 2.24) is 15.0 Å². The number of thiazole rings is 1. The van der Waals surface area contributed by atoms with Gasteiger partial charge >= 0.3 is 0 Å². The fourth-order valence-corrected chi connectivity index (χ4v) is 1.87. The highest BCUT2D eigenvalue weighted by atomic mass is 32.1.